The highest BCUT2D eigenvalue weighted by molar-refractivity contribution is 5.95. The van der Waals surface area contributed by atoms with Crippen molar-refractivity contribution in [2.75, 3.05) is 26.2 Å². The summed E-state index contributed by atoms with van der Waals surface area (Å²) in [5.74, 6) is -0.0509. The van der Waals surface area contributed by atoms with Gasteiger partial charge in [-0.2, -0.15) is 5.10 Å². The van der Waals surface area contributed by atoms with E-state index >= 15 is 0 Å². The highest BCUT2D eigenvalue weighted by Crippen LogP contribution is 2.11. The average Bonchev–Trinajstić information content (AvgIpc) is 3.07. The molecule has 1 saturated heterocycles. The van der Waals surface area contributed by atoms with Crippen LogP contribution in [0.25, 0.3) is 0 Å². The highest BCUT2D eigenvalue weighted by Gasteiger charge is 2.21. The highest BCUT2D eigenvalue weighted by atomic mass is 16.5. The Morgan fingerprint density at radius 3 is 2.76 bits per heavy atom. The number of aromatic nitrogens is 3. The molecule has 2 atom stereocenters. The van der Waals surface area contributed by atoms with Gasteiger partial charge < -0.3 is 10.1 Å². The molecular formula is C18H25N5O2. The number of ether oxygens (including phenoxy) is 1. The third-order valence-electron chi connectivity index (χ3n) is 4.27. The van der Waals surface area contributed by atoms with Crippen molar-refractivity contribution < 1.29 is 9.53 Å². The maximum atomic E-state index is 12.6. The molecule has 0 radical (unpaired) electrons. The number of amides is 1. The molecule has 0 aliphatic carbocycles. The van der Waals surface area contributed by atoms with Gasteiger partial charge in [-0.1, -0.05) is 18.2 Å². The second-order valence-electron chi connectivity index (χ2n) is 6.52. The average molecular weight is 343 g/mol. The summed E-state index contributed by atoms with van der Waals surface area (Å²) in [5.41, 5.74) is 1.61. The minimum absolute atomic E-state index is 0.0509. The van der Waals surface area contributed by atoms with Crippen molar-refractivity contribution in [1.29, 1.82) is 0 Å². The number of hydrogen-bond donors (Lipinski definition) is 1. The number of carbonyl (C=O) groups excluding carboxylic acids is 1. The van der Waals surface area contributed by atoms with Gasteiger partial charge in [0.05, 0.1) is 18.8 Å². The maximum Gasteiger partial charge on any atom is 0.251 e. The van der Waals surface area contributed by atoms with Crippen molar-refractivity contribution in [3.05, 3.63) is 48.0 Å². The topological polar surface area (TPSA) is 72.3 Å². The quantitative estimate of drug-likeness (QED) is 0.852. The molecule has 1 aliphatic rings. The molecule has 1 aromatic heterocycles. The zero-order valence-corrected chi connectivity index (χ0v) is 14.8. The van der Waals surface area contributed by atoms with Gasteiger partial charge in [0.1, 0.15) is 12.7 Å². The van der Waals surface area contributed by atoms with E-state index in [0.717, 1.165) is 25.2 Å². The van der Waals surface area contributed by atoms with Gasteiger partial charge in [-0.05, 0) is 25.5 Å². The molecule has 1 aromatic carbocycles. The molecule has 0 bridgehead atoms. The van der Waals surface area contributed by atoms with Gasteiger partial charge in [-0.3, -0.25) is 9.69 Å². The Labute approximate surface area is 148 Å². The van der Waals surface area contributed by atoms with Crippen LogP contribution in [0.3, 0.4) is 0 Å². The van der Waals surface area contributed by atoms with Crippen molar-refractivity contribution in [2.45, 2.75) is 32.6 Å². The van der Waals surface area contributed by atoms with Crippen LogP contribution in [-0.2, 0) is 11.3 Å². The van der Waals surface area contributed by atoms with Crippen LogP contribution in [0, 0.1) is 0 Å². The summed E-state index contributed by atoms with van der Waals surface area (Å²) in [6, 6.07) is 7.60. The third-order valence-corrected chi connectivity index (χ3v) is 4.27. The van der Waals surface area contributed by atoms with Crippen LogP contribution in [0.2, 0.25) is 0 Å². The Kier molecular flexibility index (Phi) is 5.78. The molecule has 25 heavy (non-hydrogen) atoms. The van der Waals surface area contributed by atoms with Crippen LogP contribution in [0.15, 0.2) is 36.9 Å². The Bertz CT molecular complexity index is 679. The second-order valence-corrected chi connectivity index (χ2v) is 6.52. The van der Waals surface area contributed by atoms with Crippen LogP contribution >= 0.6 is 0 Å². The predicted molar refractivity (Wildman–Crippen MR) is 94.3 cm³/mol. The van der Waals surface area contributed by atoms with Gasteiger partial charge in [0.2, 0.25) is 0 Å². The Balaban J connectivity index is 1.55. The minimum atomic E-state index is -0.0509. The molecule has 2 unspecified atom stereocenters. The first-order valence-electron chi connectivity index (χ1n) is 8.68. The first kappa shape index (κ1) is 17.6. The monoisotopic (exact) mass is 343 g/mol. The summed E-state index contributed by atoms with van der Waals surface area (Å²) in [4.78, 5) is 18.8. The van der Waals surface area contributed by atoms with Gasteiger partial charge in [0.25, 0.3) is 5.91 Å². The molecule has 134 valence electrons. The van der Waals surface area contributed by atoms with Crippen LogP contribution < -0.4 is 5.32 Å². The summed E-state index contributed by atoms with van der Waals surface area (Å²) in [5, 5.41) is 7.13. The fourth-order valence-corrected chi connectivity index (χ4v) is 3.26. The standard InChI is InChI=1S/C18H25N5O2/c1-14-9-22(10-15(2)25-14)8-7-20-18(24)17-6-4-3-5-16(17)11-23-13-19-12-21-23/h3-6,12-15H,7-11H2,1-2H3,(H,20,24). The van der Waals surface area contributed by atoms with Crippen LogP contribution in [0.1, 0.15) is 29.8 Å². The van der Waals surface area contributed by atoms with Crippen molar-refractivity contribution >= 4 is 5.91 Å². The van der Waals surface area contributed by atoms with E-state index in [0.29, 0.717) is 18.7 Å². The van der Waals surface area contributed by atoms with E-state index in [2.05, 4.69) is 34.1 Å². The van der Waals surface area contributed by atoms with Gasteiger partial charge in [0, 0.05) is 31.7 Å². The number of morpholine rings is 1. The van der Waals surface area contributed by atoms with E-state index in [-0.39, 0.29) is 18.1 Å². The molecule has 2 aromatic rings. The molecule has 1 amide bonds. The molecule has 7 heteroatoms. The van der Waals surface area contributed by atoms with Gasteiger partial charge in [-0.25, -0.2) is 9.67 Å². The molecule has 1 N–H and O–H groups in total. The SMILES string of the molecule is CC1CN(CCNC(=O)c2ccccc2Cn2cncn2)CC(C)O1. The molecule has 2 heterocycles. The predicted octanol–water partition coefficient (Wildman–Crippen LogP) is 1.17. The van der Waals surface area contributed by atoms with Gasteiger partial charge >= 0.3 is 0 Å². The molecule has 1 aliphatic heterocycles. The maximum absolute atomic E-state index is 12.6. The number of nitrogens with zero attached hydrogens (tertiary/aromatic N) is 4. The Morgan fingerprint density at radius 1 is 1.28 bits per heavy atom. The number of hydrogen-bond acceptors (Lipinski definition) is 5. The van der Waals surface area contributed by atoms with Crippen molar-refractivity contribution in [3.63, 3.8) is 0 Å². The van der Waals surface area contributed by atoms with Crippen molar-refractivity contribution in [1.82, 2.24) is 25.0 Å². The molecular weight excluding hydrogens is 318 g/mol. The van der Waals surface area contributed by atoms with Crippen LogP contribution in [0.5, 0.6) is 0 Å². The third kappa shape index (κ3) is 4.87. The fourth-order valence-electron chi connectivity index (χ4n) is 3.26. The van der Waals surface area contributed by atoms with Crippen molar-refractivity contribution in [2.24, 2.45) is 0 Å². The second kappa shape index (κ2) is 8.22. The van der Waals surface area contributed by atoms with Crippen molar-refractivity contribution in [3.8, 4) is 0 Å². The molecule has 0 saturated carbocycles. The zero-order chi connectivity index (χ0) is 17.6. The summed E-state index contributed by atoms with van der Waals surface area (Å²) < 4.78 is 7.45. The lowest BCUT2D eigenvalue weighted by Gasteiger charge is -2.35. The summed E-state index contributed by atoms with van der Waals surface area (Å²) in [7, 11) is 0. The van der Waals surface area contributed by atoms with E-state index in [1.165, 1.54) is 6.33 Å². The molecule has 3 rings (SSSR count). The van der Waals surface area contributed by atoms with Crippen LogP contribution in [0.4, 0.5) is 0 Å². The first-order valence-corrected chi connectivity index (χ1v) is 8.68. The van der Waals surface area contributed by atoms with E-state index < -0.39 is 0 Å². The fraction of sp³-hybridized carbons (Fsp3) is 0.500. The number of carbonyl (C=O) groups is 1. The summed E-state index contributed by atoms with van der Waals surface area (Å²) >= 11 is 0. The van der Waals surface area contributed by atoms with E-state index in [9.17, 15) is 4.79 Å². The normalized spacial score (nSPS) is 21.2. The lowest BCUT2D eigenvalue weighted by molar-refractivity contribution is -0.0672. The van der Waals surface area contributed by atoms with Gasteiger partial charge in [-0.15, -0.1) is 0 Å². The number of benzene rings is 1. The van der Waals surface area contributed by atoms with E-state index in [4.69, 9.17) is 4.74 Å². The minimum Gasteiger partial charge on any atom is -0.373 e. The molecule has 0 spiro atoms. The Morgan fingerprint density at radius 2 is 2.04 bits per heavy atom. The molecule has 7 nitrogen and oxygen atoms in total. The summed E-state index contributed by atoms with van der Waals surface area (Å²) in [6.07, 6.45) is 3.62. The lowest BCUT2D eigenvalue weighted by atomic mass is 10.1. The summed E-state index contributed by atoms with van der Waals surface area (Å²) in [6.45, 7) is 7.96. The zero-order valence-electron chi connectivity index (χ0n) is 14.8. The Hall–Kier alpha value is -2.25. The largest absolute Gasteiger partial charge is 0.373 e. The van der Waals surface area contributed by atoms with E-state index in [1.807, 2.05) is 24.3 Å². The lowest BCUT2D eigenvalue weighted by Crippen LogP contribution is -2.47. The van der Waals surface area contributed by atoms with E-state index in [1.54, 1.807) is 11.0 Å². The number of nitrogens with one attached hydrogen (secondary N) is 1. The molecule has 1 fully saturated rings. The first-order chi connectivity index (χ1) is 12.1. The number of rotatable bonds is 6. The smallest absolute Gasteiger partial charge is 0.251 e. The van der Waals surface area contributed by atoms with Crippen LogP contribution in [-0.4, -0.2) is 64.0 Å². The van der Waals surface area contributed by atoms with Gasteiger partial charge in [0.15, 0.2) is 0 Å².